The van der Waals surface area contributed by atoms with Crippen molar-refractivity contribution in [1.29, 1.82) is 0 Å². The van der Waals surface area contributed by atoms with Gasteiger partial charge in [0.05, 0.1) is 6.61 Å². The normalized spacial score (nSPS) is 8.77. The lowest BCUT2D eigenvalue weighted by molar-refractivity contribution is -0.139. The van der Waals surface area contributed by atoms with Crippen LogP contribution in [-0.4, -0.2) is 50.3 Å². The largest absolute Gasteiger partial charge is 0.460 e. The topological polar surface area (TPSA) is 49.8 Å². The Morgan fingerprint density at radius 2 is 1.85 bits per heavy atom. The van der Waals surface area contributed by atoms with Gasteiger partial charge in [-0.15, -0.1) is 0 Å². The van der Waals surface area contributed by atoms with Crippen LogP contribution in [0.15, 0.2) is 12.2 Å². The molecule has 1 N–H and O–H groups in total. The molecule has 0 atom stereocenters. The van der Waals surface area contributed by atoms with Crippen LogP contribution in [0, 0.1) is 0 Å². The van der Waals surface area contributed by atoms with Gasteiger partial charge in [0.1, 0.15) is 6.61 Å². The molecule has 78 valence electrons. The number of aliphatic hydroxyl groups excluding tert-OH is 1. The number of aliphatic hydroxyl groups is 1. The van der Waals surface area contributed by atoms with E-state index in [-0.39, 0.29) is 13.2 Å². The Hall–Kier alpha value is -0.870. The van der Waals surface area contributed by atoms with E-state index < -0.39 is 5.97 Å². The lowest BCUT2D eigenvalue weighted by Gasteiger charge is -1.99. The Morgan fingerprint density at radius 1 is 1.46 bits per heavy atom. The summed E-state index contributed by atoms with van der Waals surface area (Å²) in [5.74, 6) is -0.455. The predicted octanol–water partition coefficient (Wildman–Crippen LogP) is 0.276. The van der Waals surface area contributed by atoms with Crippen LogP contribution in [0.1, 0.15) is 6.92 Å². The van der Waals surface area contributed by atoms with Crippen molar-refractivity contribution in [2.75, 3.05) is 34.4 Å². The maximum absolute atomic E-state index is 10.5. The van der Waals surface area contributed by atoms with E-state index in [1.807, 2.05) is 26.0 Å². The van der Waals surface area contributed by atoms with E-state index in [0.29, 0.717) is 5.57 Å². The van der Waals surface area contributed by atoms with E-state index in [0.717, 1.165) is 0 Å². The Balaban J connectivity index is 0. The average Bonchev–Trinajstić information content (AvgIpc) is 1.98. The third-order valence-corrected chi connectivity index (χ3v) is 0.673. The maximum atomic E-state index is 10.5. The molecule has 0 heterocycles. The number of ether oxygens (including phenoxy) is 1. The molecular formula is C9H19NO3. The zero-order valence-corrected chi connectivity index (χ0v) is 8.83. The molecular weight excluding hydrogens is 170 g/mol. The number of carbonyl (C=O) groups is 1. The molecule has 0 bridgehead atoms. The van der Waals surface area contributed by atoms with Crippen LogP contribution < -0.4 is 0 Å². The molecule has 0 aliphatic heterocycles. The first-order valence-electron chi connectivity index (χ1n) is 3.96. The molecule has 0 aliphatic rings. The number of hydrogen-bond acceptors (Lipinski definition) is 4. The van der Waals surface area contributed by atoms with Gasteiger partial charge in [-0.2, -0.15) is 0 Å². The highest BCUT2D eigenvalue weighted by molar-refractivity contribution is 5.86. The first-order chi connectivity index (χ1) is 5.91. The van der Waals surface area contributed by atoms with Crippen LogP contribution in [0.2, 0.25) is 0 Å². The van der Waals surface area contributed by atoms with Crippen molar-refractivity contribution in [2.45, 2.75) is 6.92 Å². The van der Waals surface area contributed by atoms with Gasteiger partial charge >= 0.3 is 5.97 Å². The molecule has 13 heavy (non-hydrogen) atoms. The Bertz CT molecular complexity index is 152. The molecule has 0 saturated heterocycles. The molecule has 4 nitrogen and oxygen atoms in total. The van der Waals surface area contributed by atoms with Gasteiger partial charge < -0.3 is 14.7 Å². The smallest absolute Gasteiger partial charge is 0.333 e. The van der Waals surface area contributed by atoms with Crippen molar-refractivity contribution in [3.05, 3.63) is 12.2 Å². The van der Waals surface area contributed by atoms with Gasteiger partial charge in [0.2, 0.25) is 0 Å². The summed E-state index contributed by atoms with van der Waals surface area (Å²) >= 11 is 0. The summed E-state index contributed by atoms with van der Waals surface area (Å²) in [6, 6.07) is 0. The molecule has 0 amide bonds. The molecule has 0 aromatic rings. The van der Waals surface area contributed by atoms with Gasteiger partial charge in [-0.1, -0.05) is 6.58 Å². The van der Waals surface area contributed by atoms with Crippen LogP contribution in [-0.2, 0) is 9.53 Å². The van der Waals surface area contributed by atoms with Gasteiger partial charge in [-0.25, -0.2) is 4.79 Å². The highest BCUT2D eigenvalue weighted by Gasteiger charge is 1.99. The van der Waals surface area contributed by atoms with Gasteiger partial charge in [0.15, 0.2) is 0 Å². The van der Waals surface area contributed by atoms with Crippen LogP contribution in [0.25, 0.3) is 0 Å². The molecule has 0 aromatic carbocycles. The Kier molecular flexibility index (Phi) is 10.4. The summed E-state index contributed by atoms with van der Waals surface area (Å²) < 4.78 is 4.46. The van der Waals surface area contributed by atoms with Crippen LogP contribution in [0.5, 0.6) is 0 Å². The predicted molar refractivity (Wildman–Crippen MR) is 52.5 cm³/mol. The molecule has 0 spiro atoms. The van der Waals surface area contributed by atoms with E-state index in [2.05, 4.69) is 11.3 Å². The molecule has 0 saturated carbocycles. The third kappa shape index (κ3) is 18.2. The van der Waals surface area contributed by atoms with Gasteiger partial charge in [-0.05, 0) is 28.1 Å². The van der Waals surface area contributed by atoms with E-state index in [1.165, 1.54) is 0 Å². The summed E-state index contributed by atoms with van der Waals surface area (Å²) in [4.78, 5) is 12.5. The molecule has 0 aliphatic carbocycles. The summed E-state index contributed by atoms with van der Waals surface area (Å²) in [6.07, 6.45) is 0. The number of rotatable bonds is 3. The van der Waals surface area contributed by atoms with E-state index in [4.69, 9.17) is 5.11 Å². The summed E-state index contributed by atoms with van der Waals surface area (Å²) in [5.41, 5.74) is 0.350. The first-order valence-corrected chi connectivity index (χ1v) is 3.96. The first kappa shape index (κ1) is 14.6. The molecule has 4 heteroatoms. The molecule has 0 fully saturated rings. The second-order valence-electron chi connectivity index (χ2n) is 2.98. The van der Waals surface area contributed by atoms with E-state index >= 15 is 0 Å². The molecule has 0 aromatic heterocycles. The SMILES string of the molecule is C=C(C)C(=O)OCCO.CN(C)C. The Morgan fingerprint density at radius 3 is 2.08 bits per heavy atom. The summed E-state index contributed by atoms with van der Waals surface area (Å²) in [5, 5.41) is 8.19. The standard InChI is InChI=1S/C6H10O3.C3H9N/c1-5(2)6(8)9-4-3-7;1-4(2)3/h7H,1,3-4H2,2H3;1-3H3. The minimum atomic E-state index is -0.455. The van der Waals surface area contributed by atoms with Crippen molar-refractivity contribution in [3.8, 4) is 0 Å². The molecule has 0 unspecified atom stereocenters. The quantitative estimate of drug-likeness (QED) is 0.511. The zero-order chi connectivity index (χ0) is 10.9. The van der Waals surface area contributed by atoms with Crippen molar-refractivity contribution in [2.24, 2.45) is 0 Å². The van der Waals surface area contributed by atoms with Crippen molar-refractivity contribution < 1.29 is 14.6 Å². The summed E-state index contributed by atoms with van der Waals surface area (Å²) in [7, 11) is 6.00. The fraction of sp³-hybridized carbons (Fsp3) is 0.667. The fourth-order valence-electron chi connectivity index (χ4n) is 0.262. The fourth-order valence-corrected chi connectivity index (χ4v) is 0.262. The highest BCUT2D eigenvalue weighted by Crippen LogP contribution is 1.89. The number of hydrogen-bond donors (Lipinski definition) is 1. The minimum Gasteiger partial charge on any atom is -0.460 e. The highest BCUT2D eigenvalue weighted by atomic mass is 16.5. The van der Waals surface area contributed by atoms with Crippen molar-refractivity contribution >= 4 is 5.97 Å². The molecule has 0 radical (unpaired) electrons. The van der Waals surface area contributed by atoms with Gasteiger partial charge in [-0.3, -0.25) is 0 Å². The zero-order valence-electron chi connectivity index (χ0n) is 8.83. The van der Waals surface area contributed by atoms with Crippen LogP contribution >= 0.6 is 0 Å². The van der Waals surface area contributed by atoms with Crippen molar-refractivity contribution in [1.82, 2.24) is 4.90 Å². The molecule has 0 rings (SSSR count). The maximum Gasteiger partial charge on any atom is 0.333 e. The van der Waals surface area contributed by atoms with Crippen LogP contribution in [0.4, 0.5) is 0 Å². The summed E-state index contributed by atoms with van der Waals surface area (Å²) in [6.45, 7) is 4.81. The minimum absolute atomic E-state index is 0.0473. The van der Waals surface area contributed by atoms with Crippen molar-refractivity contribution in [3.63, 3.8) is 0 Å². The Labute approximate surface area is 79.8 Å². The van der Waals surface area contributed by atoms with E-state index in [9.17, 15) is 4.79 Å². The monoisotopic (exact) mass is 189 g/mol. The number of nitrogens with zero attached hydrogens (tertiary/aromatic N) is 1. The third-order valence-electron chi connectivity index (χ3n) is 0.673. The average molecular weight is 189 g/mol. The lowest BCUT2D eigenvalue weighted by atomic mass is 10.4. The lowest BCUT2D eigenvalue weighted by Crippen LogP contribution is -2.08. The number of esters is 1. The van der Waals surface area contributed by atoms with Crippen LogP contribution in [0.3, 0.4) is 0 Å². The number of carbonyl (C=O) groups excluding carboxylic acids is 1. The second-order valence-corrected chi connectivity index (χ2v) is 2.98. The second kappa shape index (κ2) is 9.22. The van der Waals surface area contributed by atoms with Gasteiger partial charge in [0, 0.05) is 5.57 Å². The van der Waals surface area contributed by atoms with Gasteiger partial charge in [0.25, 0.3) is 0 Å². The van der Waals surface area contributed by atoms with E-state index in [1.54, 1.807) is 6.92 Å².